The first kappa shape index (κ1) is 17.0. The van der Waals surface area contributed by atoms with E-state index in [0.29, 0.717) is 0 Å². The van der Waals surface area contributed by atoms with Gasteiger partial charge in [-0.2, -0.15) is 0 Å². The van der Waals surface area contributed by atoms with E-state index in [-0.39, 0.29) is 28.3 Å². The summed E-state index contributed by atoms with van der Waals surface area (Å²) in [4.78, 5) is 0. The lowest BCUT2D eigenvalue weighted by atomic mass is 9.64. The number of hydrogen-bond acceptors (Lipinski definition) is 2. The molecule has 0 saturated heterocycles. The Morgan fingerprint density at radius 2 is 1.42 bits per heavy atom. The van der Waals surface area contributed by atoms with Gasteiger partial charge in [-0.3, -0.25) is 0 Å². The summed E-state index contributed by atoms with van der Waals surface area (Å²) in [5, 5.41) is 0. The first-order valence-corrected chi connectivity index (χ1v) is 7.65. The van der Waals surface area contributed by atoms with E-state index in [4.69, 9.17) is 9.47 Å². The van der Waals surface area contributed by atoms with Gasteiger partial charge in [-0.15, -0.1) is 0 Å². The van der Waals surface area contributed by atoms with Crippen LogP contribution in [-0.2, 0) is 9.47 Å². The van der Waals surface area contributed by atoms with Crippen LogP contribution in [0.3, 0.4) is 0 Å². The van der Waals surface area contributed by atoms with Crippen molar-refractivity contribution in [1.29, 1.82) is 0 Å². The molecule has 2 unspecified atom stereocenters. The lowest BCUT2D eigenvalue weighted by Gasteiger charge is -2.55. The molecular weight excluding hydrogens is 236 g/mol. The van der Waals surface area contributed by atoms with Crippen LogP contribution in [0.5, 0.6) is 0 Å². The van der Waals surface area contributed by atoms with E-state index in [2.05, 4.69) is 62.3 Å². The summed E-state index contributed by atoms with van der Waals surface area (Å²) in [5.74, 6) is 0. The fourth-order valence-electron chi connectivity index (χ4n) is 3.13. The van der Waals surface area contributed by atoms with Crippen molar-refractivity contribution in [2.75, 3.05) is 0 Å². The third-order valence-corrected chi connectivity index (χ3v) is 4.24. The van der Waals surface area contributed by atoms with Gasteiger partial charge in [0, 0.05) is 0 Å². The molecule has 0 heterocycles. The first-order valence-electron chi connectivity index (χ1n) is 7.65. The predicted octanol–water partition coefficient (Wildman–Crippen LogP) is 4.95. The summed E-state index contributed by atoms with van der Waals surface area (Å²) < 4.78 is 12.9. The lowest BCUT2D eigenvalue weighted by Crippen LogP contribution is -2.60. The highest BCUT2D eigenvalue weighted by molar-refractivity contribution is 5.03. The molecule has 0 aromatic heterocycles. The van der Waals surface area contributed by atoms with Gasteiger partial charge in [0.1, 0.15) is 0 Å². The van der Waals surface area contributed by atoms with Gasteiger partial charge < -0.3 is 9.47 Å². The summed E-state index contributed by atoms with van der Waals surface area (Å²) in [7, 11) is 0. The van der Waals surface area contributed by atoms with Crippen LogP contribution in [0.1, 0.15) is 81.6 Å². The van der Waals surface area contributed by atoms with Crippen LogP contribution in [0.25, 0.3) is 0 Å². The third-order valence-electron chi connectivity index (χ3n) is 4.24. The molecule has 0 aliphatic heterocycles. The minimum Gasteiger partial charge on any atom is -0.370 e. The molecule has 0 bridgehead atoms. The molecule has 0 radical (unpaired) electrons. The van der Waals surface area contributed by atoms with Crippen LogP contribution >= 0.6 is 0 Å². The second-order valence-corrected chi connectivity index (χ2v) is 8.82. The van der Waals surface area contributed by atoms with E-state index < -0.39 is 0 Å². The van der Waals surface area contributed by atoms with Gasteiger partial charge in [-0.05, 0) is 66.7 Å². The molecule has 0 N–H and O–H groups in total. The summed E-state index contributed by atoms with van der Waals surface area (Å²) in [6.07, 6.45) is 3.67. The summed E-state index contributed by atoms with van der Waals surface area (Å²) >= 11 is 0. The Morgan fingerprint density at radius 3 is 1.84 bits per heavy atom. The molecule has 2 atom stereocenters. The van der Waals surface area contributed by atoms with Crippen molar-refractivity contribution < 1.29 is 9.47 Å². The maximum atomic E-state index is 6.51. The molecule has 2 heteroatoms. The number of ether oxygens (including phenoxy) is 2. The molecule has 0 aromatic rings. The van der Waals surface area contributed by atoms with Crippen molar-refractivity contribution in [3.8, 4) is 0 Å². The van der Waals surface area contributed by atoms with Gasteiger partial charge in [-0.1, -0.05) is 20.3 Å². The minimum atomic E-state index is -0.239. The lowest BCUT2D eigenvalue weighted by molar-refractivity contribution is -0.267. The average molecular weight is 270 g/mol. The Hall–Kier alpha value is -0.0800. The van der Waals surface area contributed by atoms with Crippen LogP contribution in [0.4, 0.5) is 0 Å². The van der Waals surface area contributed by atoms with Gasteiger partial charge in [-0.25, -0.2) is 0 Å². The molecule has 19 heavy (non-hydrogen) atoms. The van der Waals surface area contributed by atoms with E-state index in [1.807, 2.05) is 0 Å². The second-order valence-electron chi connectivity index (χ2n) is 8.82. The molecule has 1 rings (SSSR count). The zero-order valence-electron chi connectivity index (χ0n) is 14.5. The fourth-order valence-corrected chi connectivity index (χ4v) is 3.13. The van der Waals surface area contributed by atoms with Gasteiger partial charge in [0.15, 0.2) is 0 Å². The van der Waals surface area contributed by atoms with E-state index in [9.17, 15) is 0 Å². The molecule has 1 fully saturated rings. The maximum absolute atomic E-state index is 6.51. The van der Waals surface area contributed by atoms with Gasteiger partial charge >= 0.3 is 0 Å². The average Bonchev–Trinajstić information content (AvgIpc) is 2.08. The van der Waals surface area contributed by atoms with Gasteiger partial charge in [0.05, 0.1) is 22.9 Å². The standard InChI is InChI=1S/C17H34O2/c1-14(2,3)18-13-11-10-12-16(7,8)17(13,9)19-15(4,5)6/h13H,10-12H2,1-9H3. The molecule has 0 amide bonds. The Morgan fingerprint density at radius 1 is 0.895 bits per heavy atom. The molecule has 114 valence electrons. The number of rotatable bonds is 2. The molecule has 0 aromatic carbocycles. The number of hydrogen-bond donors (Lipinski definition) is 0. The van der Waals surface area contributed by atoms with Crippen molar-refractivity contribution in [1.82, 2.24) is 0 Å². The van der Waals surface area contributed by atoms with Crippen molar-refractivity contribution in [2.24, 2.45) is 5.41 Å². The van der Waals surface area contributed by atoms with Gasteiger partial charge in [0.25, 0.3) is 0 Å². The normalized spacial score (nSPS) is 32.4. The largest absolute Gasteiger partial charge is 0.370 e. The van der Waals surface area contributed by atoms with Crippen molar-refractivity contribution in [3.63, 3.8) is 0 Å². The summed E-state index contributed by atoms with van der Waals surface area (Å²) in [6, 6.07) is 0. The minimum absolute atomic E-state index is 0.124. The highest BCUT2D eigenvalue weighted by Gasteiger charge is 2.53. The topological polar surface area (TPSA) is 18.5 Å². The highest BCUT2D eigenvalue weighted by Crippen LogP contribution is 2.49. The zero-order valence-corrected chi connectivity index (χ0v) is 14.5. The van der Waals surface area contributed by atoms with Crippen LogP contribution in [0.15, 0.2) is 0 Å². The van der Waals surface area contributed by atoms with E-state index >= 15 is 0 Å². The quantitative estimate of drug-likeness (QED) is 0.706. The van der Waals surface area contributed by atoms with Crippen molar-refractivity contribution >= 4 is 0 Å². The highest BCUT2D eigenvalue weighted by atomic mass is 16.6. The molecular formula is C17H34O2. The van der Waals surface area contributed by atoms with Crippen LogP contribution in [-0.4, -0.2) is 22.9 Å². The molecule has 1 aliphatic carbocycles. The Bertz CT molecular complexity index is 306. The van der Waals surface area contributed by atoms with Crippen LogP contribution < -0.4 is 0 Å². The zero-order chi connectivity index (χ0) is 15.1. The maximum Gasteiger partial charge on any atom is 0.0972 e. The first-order chi connectivity index (χ1) is 8.27. The molecule has 0 spiro atoms. The van der Waals surface area contributed by atoms with Gasteiger partial charge in [0.2, 0.25) is 0 Å². The summed E-state index contributed by atoms with van der Waals surface area (Å²) in [6.45, 7) is 19.7. The smallest absolute Gasteiger partial charge is 0.0972 e. The Labute approximate surface area is 120 Å². The summed E-state index contributed by atoms with van der Waals surface area (Å²) in [5.41, 5.74) is -0.380. The van der Waals surface area contributed by atoms with Crippen molar-refractivity contribution in [3.05, 3.63) is 0 Å². The molecule has 2 nitrogen and oxygen atoms in total. The van der Waals surface area contributed by atoms with E-state index in [1.165, 1.54) is 12.8 Å². The fraction of sp³-hybridized carbons (Fsp3) is 1.00. The predicted molar refractivity (Wildman–Crippen MR) is 81.5 cm³/mol. The molecule has 1 aliphatic rings. The second kappa shape index (κ2) is 5.04. The SMILES string of the molecule is CC(C)(C)OC1CCCC(C)(C)C1(C)OC(C)(C)C. The Balaban J connectivity index is 3.06. The van der Waals surface area contributed by atoms with E-state index in [1.54, 1.807) is 0 Å². The third kappa shape index (κ3) is 4.19. The van der Waals surface area contributed by atoms with E-state index in [0.717, 1.165) is 6.42 Å². The van der Waals surface area contributed by atoms with Crippen LogP contribution in [0, 0.1) is 5.41 Å². The van der Waals surface area contributed by atoms with Crippen LogP contribution in [0.2, 0.25) is 0 Å². The van der Waals surface area contributed by atoms with Crippen molar-refractivity contribution in [2.45, 2.75) is 104 Å². The Kier molecular flexibility index (Phi) is 4.50. The molecule has 1 saturated carbocycles. The monoisotopic (exact) mass is 270 g/mol.